The molecule has 0 bridgehead atoms. The van der Waals surface area contributed by atoms with Crippen LogP contribution in [0.25, 0.3) is 0 Å². The van der Waals surface area contributed by atoms with Gasteiger partial charge in [0.05, 0.1) is 5.02 Å². The van der Waals surface area contributed by atoms with Crippen molar-refractivity contribution < 1.29 is 9.13 Å². The summed E-state index contributed by atoms with van der Waals surface area (Å²) in [6, 6.07) is 8.20. The monoisotopic (exact) mass is 299 g/mol. The summed E-state index contributed by atoms with van der Waals surface area (Å²) in [4.78, 5) is 2.22. The highest BCUT2D eigenvalue weighted by Crippen LogP contribution is 2.30. The van der Waals surface area contributed by atoms with Crippen molar-refractivity contribution in [2.75, 3.05) is 0 Å². The first-order valence-corrected chi connectivity index (χ1v) is 7.10. The number of benzene rings is 1. The van der Waals surface area contributed by atoms with Gasteiger partial charge in [-0.3, -0.25) is 0 Å². The highest BCUT2D eigenvalue weighted by molar-refractivity contribution is 7.12. The summed E-state index contributed by atoms with van der Waals surface area (Å²) in [5.41, 5.74) is 5.96. The normalized spacial score (nSPS) is 14.2. The van der Waals surface area contributed by atoms with Gasteiger partial charge in [-0.1, -0.05) is 11.6 Å². The van der Waals surface area contributed by atoms with E-state index in [0.29, 0.717) is 5.75 Å². The first-order chi connectivity index (χ1) is 8.97. The van der Waals surface area contributed by atoms with Crippen molar-refractivity contribution in [1.29, 1.82) is 0 Å². The quantitative estimate of drug-likeness (QED) is 0.912. The van der Waals surface area contributed by atoms with E-state index in [2.05, 4.69) is 0 Å². The summed E-state index contributed by atoms with van der Waals surface area (Å²) in [5.74, 6) is -0.0693. The van der Waals surface area contributed by atoms with Crippen molar-refractivity contribution in [2.45, 2.75) is 26.0 Å². The van der Waals surface area contributed by atoms with Crippen LogP contribution >= 0.6 is 22.9 Å². The molecule has 2 unspecified atom stereocenters. The zero-order chi connectivity index (χ0) is 14.0. The summed E-state index contributed by atoms with van der Waals surface area (Å²) >= 11 is 7.27. The molecule has 0 radical (unpaired) electrons. The summed E-state index contributed by atoms with van der Waals surface area (Å²) in [6.45, 7) is 3.89. The van der Waals surface area contributed by atoms with E-state index in [1.165, 1.54) is 17.0 Å². The van der Waals surface area contributed by atoms with E-state index in [-0.39, 0.29) is 17.2 Å². The van der Waals surface area contributed by atoms with Crippen LogP contribution < -0.4 is 10.5 Å². The van der Waals surface area contributed by atoms with Crippen molar-refractivity contribution in [3.05, 3.63) is 50.9 Å². The average Bonchev–Trinajstić information content (AvgIpc) is 2.76. The van der Waals surface area contributed by atoms with Crippen LogP contribution in [0.4, 0.5) is 4.39 Å². The zero-order valence-electron chi connectivity index (χ0n) is 10.7. The van der Waals surface area contributed by atoms with E-state index in [9.17, 15) is 4.39 Å². The van der Waals surface area contributed by atoms with Crippen LogP contribution in [0.1, 0.15) is 22.8 Å². The predicted molar refractivity (Wildman–Crippen MR) is 77.5 cm³/mol. The molecule has 5 heteroatoms. The molecule has 2 aromatic rings. The van der Waals surface area contributed by atoms with E-state index in [1.807, 2.05) is 26.0 Å². The van der Waals surface area contributed by atoms with Crippen molar-refractivity contribution in [2.24, 2.45) is 5.73 Å². The van der Waals surface area contributed by atoms with Gasteiger partial charge in [0.2, 0.25) is 0 Å². The smallest absolute Gasteiger partial charge is 0.148 e. The number of ether oxygens (including phenoxy) is 1. The minimum absolute atomic E-state index is 0.0802. The Morgan fingerprint density at radius 2 is 2.05 bits per heavy atom. The fraction of sp³-hybridized carbons (Fsp3) is 0.286. The highest BCUT2D eigenvalue weighted by Gasteiger charge is 2.20. The number of thiophene rings is 1. The van der Waals surface area contributed by atoms with Crippen molar-refractivity contribution in [3.8, 4) is 5.75 Å². The maximum atomic E-state index is 13.4. The van der Waals surface area contributed by atoms with Gasteiger partial charge in [0.1, 0.15) is 17.7 Å². The molecule has 0 aliphatic carbocycles. The molecule has 1 aromatic carbocycles. The molecule has 2 N–H and O–H groups in total. The molecule has 0 spiro atoms. The Morgan fingerprint density at radius 1 is 1.32 bits per heavy atom. The molecule has 2 nitrogen and oxygen atoms in total. The lowest BCUT2D eigenvalue weighted by molar-refractivity contribution is 0.183. The molecule has 0 saturated heterocycles. The Balaban J connectivity index is 2.23. The van der Waals surface area contributed by atoms with Crippen LogP contribution in [0.3, 0.4) is 0 Å². The second-order valence-corrected chi connectivity index (χ2v) is 6.15. The van der Waals surface area contributed by atoms with Crippen molar-refractivity contribution >= 4 is 22.9 Å². The number of aryl methyl sites for hydroxylation is 1. The minimum Gasteiger partial charge on any atom is -0.483 e. The van der Waals surface area contributed by atoms with Gasteiger partial charge in [-0.25, -0.2) is 4.39 Å². The van der Waals surface area contributed by atoms with E-state index >= 15 is 0 Å². The molecular formula is C14H15ClFNOS. The lowest BCUT2D eigenvalue weighted by atomic mass is 10.1. The van der Waals surface area contributed by atoms with Crippen LogP contribution in [-0.4, -0.2) is 6.04 Å². The van der Waals surface area contributed by atoms with Gasteiger partial charge in [0, 0.05) is 21.9 Å². The lowest BCUT2D eigenvalue weighted by Gasteiger charge is -2.21. The van der Waals surface area contributed by atoms with Gasteiger partial charge in [-0.15, -0.1) is 11.3 Å². The zero-order valence-corrected chi connectivity index (χ0v) is 12.3. The molecule has 1 heterocycles. The second kappa shape index (κ2) is 5.90. The van der Waals surface area contributed by atoms with Gasteiger partial charge in [0.15, 0.2) is 0 Å². The molecule has 0 saturated carbocycles. The Labute approximate surface area is 121 Å². The van der Waals surface area contributed by atoms with Gasteiger partial charge < -0.3 is 10.5 Å². The van der Waals surface area contributed by atoms with Crippen LogP contribution in [-0.2, 0) is 0 Å². The second-order valence-electron chi connectivity index (χ2n) is 4.42. The molecule has 2 rings (SSSR count). The third-order valence-corrected chi connectivity index (χ3v) is 4.04. The topological polar surface area (TPSA) is 35.2 Å². The van der Waals surface area contributed by atoms with Crippen LogP contribution in [0, 0.1) is 12.7 Å². The highest BCUT2D eigenvalue weighted by atomic mass is 35.5. The number of rotatable bonds is 4. The molecule has 102 valence electrons. The number of hydrogen-bond acceptors (Lipinski definition) is 3. The first kappa shape index (κ1) is 14.3. The van der Waals surface area contributed by atoms with E-state index < -0.39 is 5.82 Å². The fourth-order valence-electron chi connectivity index (χ4n) is 1.73. The molecule has 0 fully saturated rings. The van der Waals surface area contributed by atoms with Crippen molar-refractivity contribution in [3.63, 3.8) is 0 Å². The summed E-state index contributed by atoms with van der Waals surface area (Å²) in [5, 5.41) is 0.0802. The Morgan fingerprint density at radius 3 is 2.58 bits per heavy atom. The number of halogens is 2. The van der Waals surface area contributed by atoms with E-state index in [4.69, 9.17) is 22.1 Å². The summed E-state index contributed by atoms with van der Waals surface area (Å²) < 4.78 is 19.2. The average molecular weight is 300 g/mol. The predicted octanol–water partition coefficient (Wildman–Crippen LogP) is 4.32. The number of nitrogens with two attached hydrogens (primary N) is 1. The van der Waals surface area contributed by atoms with Gasteiger partial charge in [-0.2, -0.15) is 0 Å². The first-order valence-electron chi connectivity index (χ1n) is 5.91. The number of hydrogen-bond donors (Lipinski definition) is 1. The molecular weight excluding hydrogens is 285 g/mol. The molecule has 1 aromatic heterocycles. The maximum Gasteiger partial charge on any atom is 0.148 e. The summed E-state index contributed by atoms with van der Waals surface area (Å²) in [6.07, 6.45) is -0.292. The van der Waals surface area contributed by atoms with Gasteiger partial charge in [-0.05, 0) is 38.1 Å². The fourth-order valence-corrected chi connectivity index (χ4v) is 2.87. The van der Waals surface area contributed by atoms with Crippen LogP contribution in [0.2, 0.25) is 5.02 Å². The minimum atomic E-state index is -0.495. The molecule has 0 aliphatic heterocycles. The Bertz CT molecular complexity index is 570. The third-order valence-electron chi connectivity index (χ3n) is 2.67. The molecule has 0 aliphatic rings. The lowest BCUT2D eigenvalue weighted by Crippen LogP contribution is -2.28. The Hall–Kier alpha value is -1.10. The third kappa shape index (κ3) is 3.47. The van der Waals surface area contributed by atoms with Crippen LogP contribution in [0.15, 0.2) is 30.3 Å². The van der Waals surface area contributed by atoms with Gasteiger partial charge >= 0.3 is 0 Å². The molecule has 2 atom stereocenters. The van der Waals surface area contributed by atoms with E-state index in [0.717, 1.165) is 4.88 Å². The molecule has 0 amide bonds. The Kier molecular flexibility index (Phi) is 4.45. The largest absolute Gasteiger partial charge is 0.483 e. The van der Waals surface area contributed by atoms with Crippen molar-refractivity contribution in [1.82, 2.24) is 0 Å². The van der Waals surface area contributed by atoms with E-state index in [1.54, 1.807) is 17.4 Å². The standard InChI is InChI=1S/C14H15ClFNOS/c1-8-3-6-13(19-8)14(9(2)17)18-10-4-5-11(15)12(16)7-10/h3-7,9,14H,17H2,1-2H3. The van der Waals surface area contributed by atoms with Crippen LogP contribution in [0.5, 0.6) is 5.75 Å². The maximum absolute atomic E-state index is 13.4. The van der Waals surface area contributed by atoms with Gasteiger partial charge in [0.25, 0.3) is 0 Å². The summed E-state index contributed by atoms with van der Waals surface area (Å²) in [7, 11) is 0. The molecule has 19 heavy (non-hydrogen) atoms. The SMILES string of the molecule is Cc1ccc(C(Oc2ccc(Cl)c(F)c2)C(C)N)s1.